The number of hydrogen-bond acceptors (Lipinski definition) is 3. The second kappa shape index (κ2) is 6.79. The molecule has 0 saturated carbocycles. The number of amides is 2. The van der Waals surface area contributed by atoms with Crippen molar-refractivity contribution in [1.82, 2.24) is 4.90 Å². The summed E-state index contributed by atoms with van der Waals surface area (Å²) in [6.07, 6.45) is 0. The van der Waals surface area contributed by atoms with Crippen molar-refractivity contribution in [3.05, 3.63) is 23.8 Å². The number of nitrogens with one attached hydrogen (secondary N) is 1. The van der Waals surface area contributed by atoms with E-state index in [9.17, 15) is 9.59 Å². The summed E-state index contributed by atoms with van der Waals surface area (Å²) in [6.45, 7) is 4.59. The molecule has 1 rings (SSSR count). The maximum atomic E-state index is 12.0. The molecule has 0 aliphatic carbocycles. The molecule has 0 fully saturated rings. The normalized spacial score (nSPS) is 10.2. The number of hydrogen-bond donors (Lipinski definition) is 2. The van der Waals surface area contributed by atoms with E-state index in [1.807, 2.05) is 13.8 Å². The van der Waals surface area contributed by atoms with E-state index in [0.29, 0.717) is 18.2 Å². The van der Waals surface area contributed by atoms with E-state index in [1.165, 1.54) is 24.1 Å². The summed E-state index contributed by atoms with van der Waals surface area (Å²) >= 11 is 0. The average molecular weight is 280 g/mol. The van der Waals surface area contributed by atoms with E-state index in [2.05, 4.69) is 5.32 Å². The van der Waals surface area contributed by atoms with Gasteiger partial charge in [-0.3, -0.25) is 0 Å². The number of rotatable bonds is 5. The Kier molecular flexibility index (Phi) is 5.37. The van der Waals surface area contributed by atoms with Crippen molar-refractivity contribution in [2.75, 3.05) is 26.0 Å². The van der Waals surface area contributed by atoms with Crippen LogP contribution in [-0.4, -0.2) is 42.7 Å². The number of anilines is 1. The summed E-state index contributed by atoms with van der Waals surface area (Å²) in [5.74, 6) is -0.359. The predicted octanol–water partition coefficient (Wildman–Crippen LogP) is 2.51. The maximum Gasteiger partial charge on any atom is 0.337 e. The number of methoxy groups -OCH3 is 1. The lowest BCUT2D eigenvalue weighted by atomic mass is 10.1. The standard InChI is InChI=1S/C14H20N2O4/c1-9(2)8-16(3)14(19)15-12-6-5-10(20-4)7-11(12)13(17)18/h5-7,9H,8H2,1-4H3,(H,15,19)(H,17,18). The topological polar surface area (TPSA) is 78.9 Å². The molecule has 1 aromatic carbocycles. The Morgan fingerprint density at radius 3 is 2.55 bits per heavy atom. The fraction of sp³-hybridized carbons (Fsp3) is 0.429. The van der Waals surface area contributed by atoms with Crippen LogP contribution in [0.15, 0.2) is 18.2 Å². The molecule has 6 nitrogen and oxygen atoms in total. The lowest BCUT2D eigenvalue weighted by Crippen LogP contribution is -2.34. The largest absolute Gasteiger partial charge is 0.497 e. The van der Waals surface area contributed by atoms with Crippen LogP contribution in [0.4, 0.5) is 10.5 Å². The Morgan fingerprint density at radius 2 is 2.05 bits per heavy atom. The van der Waals surface area contributed by atoms with Gasteiger partial charge in [-0.15, -0.1) is 0 Å². The van der Waals surface area contributed by atoms with Crippen LogP contribution in [0.2, 0.25) is 0 Å². The highest BCUT2D eigenvalue weighted by Gasteiger charge is 2.16. The molecule has 0 spiro atoms. The Hall–Kier alpha value is -2.24. The number of nitrogens with zero attached hydrogens (tertiary/aromatic N) is 1. The highest BCUT2D eigenvalue weighted by Crippen LogP contribution is 2.22. The number of carbonyl (C=O) groups excluding carboxylic acids is 1. The molecule has 0 atom stereocenters. The van der Waals surface area contributed by atoms with E-state index in [4.69, 9.17) is 9.84 Å². The monoisotopic (exact) mass is 280 g/mol. The van der Waals surface area contributed by atoms with E-state index in [-0.39, 0.29) is 17.3 Å². The number of ether oxygens (including phenoxy) is 1. The lowest BCUT2D eigenvalue weighted by molar-refractivity contribution is 0.0697. The Bertz CT molecular complexity index is 500. The maximum absolute atomic E-state index is 12.0. The molecule has 0 heterocycles. The van der Waals surface area contributed by atoms with E-state index in [1.54, 1.807) is 13.1 Å². The average Bonchev–Trinajstić information content (AvgIpc) is 2.37. The Balaban J connectivity index is 2.91. The number of urea groups is 1. The van der Waals surface area contributed by atoms with Gasteiger partial charge in [0.2, 0.25) is 0 Å². The van der Waals surface area contributed by atoms with E-state index in [0.717, 1.165) is 0 Å². The quantitative estimate of drug-likeness (QED) is 0.868. The molecule has 2 amide bonds. The molecule has 0 saturated heterocycles. The van der Waals surface area contributed by atoms with Crippen molar-refractivity contribution in [3.8, 4) is 5.75 Å². The number of carboxylic acids is 1. The highest BCUT2D eigenvalue weighted by atomic mass is 16.5. The minimum atomic E-state index is -1.12. The molecular weight excluding hydrogens is 260 g/mol. The zero-order chi connectivity index (χ0) is 15.3. The van der Waals surface area contributed by atoms with Crippen LogP contribution < -0.4 is 10.1 Å². The third-order valence-electron chi connectivity index (χ3n) is 2.68. The summed E-state index contributed by atoms with van der Waals surface area (Å²) in [7, 11) is 3.12. The van der Waals surface area contributed by atoms with Gasteiger partial charge in [-0.25, -0.2) is 9.59 Å². The van der Waals surface area contributed by atoms with Gasteiger partial charge in [0, 0.05) is 13.6 Å². The van der Waals surface area contributed by atoms with E-state index >= 15 is 0 Å². The summed E-state index contributed by atoms with van der Waals surface area (Å²) in [4.78, 5) is 24.7. The number of carboxylic acid groups (broad SMARTS) is 1. The number of benzene rings is 1. The summed E-state index contributed by atoms with van der Waals surface area (Å²) in [6, 6.07) is 4.15. The first kappa shape index (κ1) is 15.8. The third kappa shape index (κ3) is 4.15. The molecule has 1 aromatic rings. The van der Waals surface area contributed by atoms with Crippen LogP contribution in [-0.2, 0) is 0 Å². The summed E-state index contributed by atoms with van der Waals surface area (Å²) < 4.78 is 4.98. The molecule has 6 heteroatoms. The zero-order valence-corrected chi connectivity index (χ0v) is 12.1. The zero-order valence-electron chi connectivity index (χ0n) is 12.1. The van der Waals surface area contributed by atoms with E-state index < -0.39 is 5.97 Å². The van der Waals surface area contributed by atoms with Crippen molar-refractivity contribution >= 4 is 17.7 Å². The van der Waals surface area contributed by atoms with Gasteiger partial charge in [-0.05, 0) is 24.1 Å². The van der Waals surface area contributed by atoms with Gasteiger partial charge in [0.25, 0.3) is 0 Å². The van der Waals surface area contributed by atoms with Crippen LogP contribution in [0.3, 0.4) is 0 Å². The number of aromatic carboxylic acids is 1. The first-order valence-electron chi connectivity index (χ1n) is 6.28. The van der Waals surface area contributed by atoms with Crippen LogP contribution in [0.5, 0.6) is 5.75 Å². The van der Waals surface area contributed by atoms with Crippen molar-refractivity contribution in [3.63, 3.8) is 0 Å². The highest BCUT2D eigenvalue weighted by molar-refractivity contribution is 6.00. The van der Waals surface area contributed by atoms with Gasteiger partial charge in [0.1, 0.15) is 5.75 Å². The third-order valence-corrected chi connectivity index (χ3v) is 2.68. The SMILES string of the molecule is COc1ccc(NC(=O)N(C)CC(C)C)c(C(=O)O)c1. The van der Waals surface area contributed by atoms with Gasteiger partial charge >= 0.3 is 12.0 Å². The van der Waals surface area contributed by atoms with Crippen molar-refractivity contribution in [2.45, 2.75) is 13.8 Å². The van der Waals surface area contributed by atoms with Gasteiger partial charge in [-0.1, -0.05) is 13.8 Å². The lowest BCUT2D eigenvalue weighted by Gasteiger charge is -2.20. The first-order valence-corrected chi connectivity index (χ1v) is 6.28. The summed E-state index contributed by atoms with van der Waals surface area (Å²) in [5.41, 5.74) is 0.245. The van der Waals surface area contributed by atoms with Crippen LogP contribution in [0.1, 0.15) is 24.2 Å². The van der Waals surface area contributed by atoms with Crippen molar-refractivity contribution in [2.24, 2.45) is 5.92 Å². The van der Waals surface area contributed by atoms with Gasteiger partial charge in [-0.2, -0.15) is 0 Å². The van der Waals surface area contributed by atoms with Gasteiger partial charge in [0.15, 0.2) is 0 Å². The first-order chi connectivity index (χ1) is 9.35. The van der Waals surface area contributed by atoms with Gasteiger partial charge in [0.05, 0.1) is 18.4 Å². The molecule has 0 aromatic heterocycles. The molecule has 110 valence electrons. The smallest absolute Gasteiger partial charge is 0.337 e. The minimum absolute atomic E-state index is 0.00403. The predicted molar refractivity (Wildman–Crippen MR) is 76.4 cm³/mol. The van der Waals surface area contributed by atoms with Crippen molar-refractivity contribution in [1.29, 1.82) is 0 Å². The Labute approximate surface area is 118 Å². The molecule has 0 aliphatic rings. The van der Waals surface area contributed by atoms with Crippen LogP contribution in [0, 0.1) is 5.92 Å². The molecule has 0 unspecified atom stereocenters. The van der Waals surface area contributed by atoms with Crippen molar-refractivity contribution < 1.29 is 19.4 Å². The molecule has 20 heavy (non-hydrogen) atoms. The van der Waals surface area contributed by atoms with Gasteiger partial charge < -0.3 is 20.1 Å². The second-order valence-electron chi connectivity index (χ2n) is 4.92. The molecule has 2 N–H and O–H groups in total. The molecule has 0 bridgehead atoms. The fourth-order valence-corrected chi connectivity index (χ4v) is 1.78. The second-order valence-corrected chi connectivity index (χ2v) is 4.92. The molecule has 0 radical (unpaired) electrons. The minimum Gasteiger partial charge on any atom is -0.497 e. The molecule has 0 aliphatic heterocycles. The summed E-state index contributed by atoms with van der Waals surface area (Å²) in [5, 5.41) is 11.8. The Morgan fingerprint density at radius 1 is 1.40 bits per heavy atom. The van der Waals surface area contributed by atoms with Crippen LogP contribution >= 0.6 is 0 Å². The fourth-order valence-electron chi connectivity index (χ4n) is 1.78. The molecular formula is C14H20N2O4. The van der Waals surface area contributed by atoms with Crippen LogP contribution in [0.25, 0.3) is 0 Å². The number of carbonyl (C=O) groups is 2.